The number of Topliss-reactive ketones (excluding diaryl/α,β-unsaturated/α-hetero) is 1. The van der Waals surface area contributed by atoms with Gasteiger partial charge >= 0.3 is 0 Å². The van der Waals surface area contributed by atoms with Crippen molar-refractivity contribution < 1.29 is 9.18 Å². The quantitative estimate of drug-likeness (QED) is 0.365. The highest BCUT2D eigenvalue weighted by Crippen LogP contribution is 2.23. The zero-order valence-electron chi connectivity index (χ0n) is 11.8. The Kier molecular flexibility index (Phi) is 5.34. The van der Waals surface area contributed by atoms with Crippen LogP contribution in [-0.2, 0) is 0 Å². The van der Waals surface area contributed by atoms with Gasteiger partial charge in [-0.25, -0.2) is 4.39 Å². The van der Waals surface area contributed by atoms with Crippen molar-refractivity contribution in [2.75, 3.05) is 19.3 Å². The van der Waals surface area contributed by atoms with Crippen molar-refractivity contribution in [3.63, 3.8) is 0 Å². The second-order valence-electron chi connectivity index (χ2n) is 4.83. The highest BCUT2D eigenvalue weighted by atomic mass is 32.2. The van der Waals surface area contributed by atoms with E-state index in [0.29, 0.717) is 23.8 Å². The van der Waals surface area contributed by atoms with E-state index in [2.05, 4.69) is 4.99 Å². The molecule has 0 unspecified atom stereocenters. The Balaban J connectivity index is 1.98. The van der Waals surface area contributed by atoms with Crippen molar-refractivity contribution in [1.82, 2.24) is 4.90 Å². The summed E-state index contributed by atoms with van der Waals surface area (Å²) in [6, 6.07) is 5.70. The fourth-order valence-electron chi connectivity index (χ4n) is 2.47. The summed E-state index contributed by atoms with van der Waals surface area (Å²) in [4.78, 5) is 18.2. The number of benzene rings is 1. The fourth-order valence-corrected chi connectivity index (χ4v) is 3.04. The first-order chi connectivity index (χ1) is 10.2. The summed E-state index contributed by atoms with van der Waals surface area (Å²) in [6.45, 7) is 1.41. The summed E-state index contributed by atoms with van der Waals surface area (Å²) >= 11 is 1.44. The second-order valence-corrected chi connectivity index (χ2v) is 5.60. The maximum atomic E-state index is 12.9. The number of carbonyl (C=O) groups is 1. The normalized spacial score (nSPS) is 16.6. The minimum atomic E-state index is -0.335. The summed E-state index contributed by atoms with van der Waals surface area (Å²) in [5.74, 6) is -0.312. The van der Waals surface area contributed by atoms with Gasteiger partial charge in [0.25, 0.3) is 0 Å². The molecule has 0 radical (unpaired) electrons. The molecule has 6 heteroatoms. The first-order valence-corrected chi connectivity index (χ1v) is 7.93. The Hall–Kier alpha value is -1.87. The molecule has 0 saturated carbocycles. The monoisotopic (exact) mass is 305 g/mol. The fraction of sp³-hybridized carbons (Fsp3) is 0.400. The highest BCUT2D eigenvalue weighted by Gasteiger charge is 2.27. The number of piperidine rings is 1. The first-order valence-electron chi connectivity index (χ1n) is 6.71. The number of likely N-dealkylation sites (tertiary alicyclic amines) is 1. The van der Waals surface area contributed by atoms with Gasteiger partial charge in [-0.15, -0.1) is 4.99 Å². The van der Waals surface area contributed by atoms with Crippen molar-refractivity contribution in [3.05, 3.63) is 35.6 Å². The van der Waals surface area contributed by atoms with Gasteiger partial charge in [0.05, 0.1) is 0 Å². The number of carbonyl (C=O) groups excluding carboxylic acids is 1. The average molecular weight is 305 g/mol. The van der Waals surface area contributed by atoms with Crippen LogP contribution in [-0.4, -0.2) is 35.2 Å². The van der Waals surface area contributed by atoms with Crippen molar-refractivity contribution in [2.24, 2.45) is 10.9 Å². The van der Waals surface area contributed by atoms with E-state index in [1.165, 1.54) is 36.0 Å². The number of hydrogen-bond acceptors (Lipinski definition) is 4. The third-order valence-electron chi connectivity index (χ3n) is 3.59. The number of nitriles is 1. The van der Waals surface area contributed by atoms with E-state index in [1.54, 1.807) is 6.19 Å². The summed E-state index contributed by atoms with van der Waals surface area (Å²) in [5, 5.41) is 9.35. The Labute approximate surface area is 127 Å². The molecule has 0 amide bonds. The van der Waals surface area contributed by atoms with Gasteiger partial charge in [-0.1, -0.05) is 11.8 Å². The predicted octanol–water partition coefficient (Wildman–Crippen LogP) is 2.92. The first kappa shape index (κ1) is 15.5. The number of halogens is 1. The van der Waals surface area contributed by atoms with Crippen molar-refractivity contribution >= 4 is 22.7 Å². The molecule has 0 N–H and O–H groups in total. The maximum absolute atomic E-state index is 12.9. The van der Waals surface area contributed by atoms with Gasteiger partial charge in [-0.05, 0) is 43.4 Å². The molecule has 21 heavy (non-hydrogen) atoms. The summed E-state index contributed by atoms with van der Waals surface area (Å²) < 4.78 is 12.9. The van der Waals surface area contributed by atoms with E-state index in [-0.39, 0.29) is 17.5 Å². The summed E-state index contributed by atoms with van der Waals surface area (Å²) in [5.41, 5.74) is 0.561. The Bertz CT molecular complexity index is 572. The molecule has 0 aliphatic carbocycles. The molecule has 0 bridgehead atoms. The van der Waals surface area contributed by atoms with Crippen molar-refractivity contribution in [3.8, 4) is 6.19 Å². The highest BCUT2D eigenvalue weighted by molar-refractivity contribution is 8.13. The molecular formula is C15H16FN3OS. The lowest BCUT2D eigenvalue weighted by Crippen LogP contribution is -2.39. The van der Waals surface area contributed by atoms with Gasteiger partial charge in [0, 0.05) is 24.6 Å². The lowest BCUT2D eigenvalue weighted by Gasteiger charge is -2.32. The van der Waals surface area contributed by atoms with Crippen LogP contribution in [0.2, 0.25) is 0 Å². The van der Waals surface area contributed by atoms with Crippen molar-refractivity contribution in [2.45, 2.75) is 12.8 Å². The molecule has 0 spiro atoms. The topological polar surface area (TPSA) is 56.5 Å². The SMILES string of the molecule is CSC(=NC#N)N1CCC(C(=O)c2ccc(F)cc2)CC1. The summed E-state index contributed by atoms with van der Waals surface area (Å²) in [7, 11) is 0. The molecular weight excluding hydrogens is 289 g/mol. The molecule has 0 atom stereocenters. The lowest BCUT2D eigenvalue weighted by atomic mass is 9.89. The van der Waals surface area contributed by atoms with Crippen LogP contribution < -0.4 is 0 Å². The smallest absolute Gasteiger partial charge is 0.208 e. The molecule has 2 rings (SSSR count). The zero-order chi connectivity index (χ0) is 15.2. The number of ketones is 1. The van der Waals surface area contributed by atoms with Gasteiger partial charge in [-0.2, -0.15) is 5.26 Å². The average Bonchev–Trinajstić information content (AvgIpc) is 2.53. The minimum absolute atomic E-state index is 0.0445. The number of aliphatic imine (C=N–C) groups is 1. The van der Waals surface area contributed by atoms with Gasteiger partial charge in [0.15, 0.2) is 11.0 Å². The number of hydrogen-bond donors (Lipinski definition) is 0. The van der Waals surface area contributed by atoms with Crippen LogP contribution >= 0.6 is 11.8 Å². The van der Waals surface area contributed by atoms with E-state index in [0.717, 1.165) is 12.8 Å². The Morgan fingerprint density at radius 2 is 2.00 bits per heavy atom. The number of amidine groups is 1. The molecule has 1 aliphatic heterocycles. The molecule has 110 valence electrons. The van der Waals surface area contributed by atoms with E-state index >= 15 is 0 Å². The third kappa shape index (κ3) is 3.82. The molecule has 1 aliphatic rings. The molecule has 1 heterocycles. The molecule has 1 aromatic carbocycles. The Morgan fingerprint density at radius 1 is 1.38 bits per heavy atom. The van der Waals surface area contributed by atoms with Gasteiger partial charge in [0.1, 0.15) is 5.82 Å². The molecule has 1 fully saturated rings. The lowest BCUT2D eigenvalue weighted by molar-refractivity contribution is 0.0873. The molecule has 0 aromatic heterocycles. The van der Waals surface area contributed by atoms with Crippen LogP contribution in [0.3, 0.4) is 0 Å². The predicted molar refractivity (Wildman–Crippen MR) is 81.6 cm³/mol. The number of nitrogens with zero attached hydrogens (tertiary/aromatic N) is 3. The van der Waals surface area contributed by atoms with Gasteiger partial charge in [0.2, 0.25) is 6.19 Å². The van der Waals surface area contributed by atoms with E-state index in [9.17, 15) is 9.18 Å². The molecule has 4 nitrogen and oxygen atoms in total. The minimum Gasteiger partial charge on any atom is -0.351 e. The maximum Gasteiger partial charge on any atom is 0.208 e. The van der Waals surface area contributed by atoms with Crippen LogP contribution in [0.4, 0.5) is 4.39 Å². The number of thioether (sulfide) groups is 1. The van der Waals surface area contributed by atoms with E-state index in [1.807, 2.05) is 11.2 Å². The third-order valence-corrected chi connectivity index (χ3v) is 4.31. The van der Waals surface area contributed by atoms with E-state index in [4.69, 9.17) is 5.26 Å². The van der Waals surface area contributed by atoms with Crippen LogP contribution in [0.5, 0.6) is 0 Å². The van der Waals surface area contributed by atoms with Crippen LogP contribution in [0.25, 0.3) is 0 Å². The molecule has 1 aromatic rings. The van der Waals surface area contributed by atoms with Crippen LogP contribution in [0, 0.1) is 23.2 Å². The van der Waals surface area contributed by atoms with Crippen molar-refractivity contribution in [1.29, 1.82) is 5.26 Å². The largest absolute Gasteiger partial charge is 0.351 e. The zero-order valence-corrected chi connectivity index (χ0v) is 12.6. The number of rotatable bonds is 2. The van der Waals surface area contributed by atoms with E-state index < -0.39 is 0 Å². The van der Waals surface area contributed by atoms with Crippen LogP contribution in [0.15, 0.2) is 29.3 Å². The standard InChI is InChI=1S/C15H16FN3OS/c1-21-15(18-10-17)19-8-6-12(7-9-19)14(20)11-2-4-13(16)5-3-11/h2-5,12H,6-9H2,1H3. The summed E-state index contributed by atoms with van der Waals surface area (Å²) in [6.07, 6.45) is 5.13. The van der Waals surface area contributed by atoms with Crippen LogP contribution in [0.1, 0.15) is 23.2 Å². The second kappa shape index (κ2) is 7.23. The van der Waals surface area contributed by atoms with Gasteiger partial charge < -0.3 is 4.90 Å². The molecule has 1 saturated heterocycles. The Morgan fingerprint density at radius 3 is 2.52 bits per heavy atom. The van der Waals surface area contributed by atoms with Gasteiger partial charge in [-0.3, -0.25) is 4.79 Å².